The molecule has 0 aliphatic heterocycles. The smallest absolute Gasteiger partial charge is 0.167 e. The van der Waals surface area contributed by atoms with Crippen LogP contribution in [0, 0.1) is 0 Å². The lowest BCUT2D eigenvalue weighted by atomic mass is 10.6. The topological polar surface area (TPSA) is 47.8 Å². The van der Waals surface area contributed by atoms with Gasteiger partial charge in [-0.2, -0.15) is 5.10 Å². The summed E-state index contributed by atoms with van der Waals surface area (Å²) in [7, 11) is 0. The van der Waals surface area contributed by atoms with Crippen LogP contribution in [0.2, 0.25) is 0 Å². The summed E-state index contributed by atoms with van der Waals surface area (Å²) in [6, 6.07) is 0. The molecular weight excluding hydrogens is 118 g/mol. The van der Waals surface area contributed by atoms with Gasteiger partial charge in [0.25, 0.3) is 0 Å². The molecule has 0 radical (unpaired) electrons. The van der Waals surface area contributed by atoms with E-state index in [-0.39, 0.29) is 5.70 Å². The predicted octanol–water partition coefficient (Wildman–Crippen LogP) is -0.0523. The number of rotatable bonds is 2. The van der Waals surface area contributed by atoms with Crippen molar-refractivity contribution in [2.24, 2.45) is 0 Å². The van der Waals surface area contributed by atoms with Crippen LogP contribution in [0.1, 0.15) is 0 Å². The average molecular weight is 123 g/mol. The highest BCUT2D eigenvalue weighted by Crippen LogP contribution is 1.89. The van der Waals surface area contributed by atoms with Gasteiger partial charge in [0, 0.05) is 0 Å². The van der Waals surface area contributed by atoms with E-state index in [1.54, 1.807) is 0 Å². The van der Waals surface area contributed by atoms with E-state index in [1.807, 2.05) is 0 Å². The highest BCUT2D eigenvalue weighted by molar-refractivity contribution is 5.96. The lowest BCUT2D eigenvalue weighted by molar-refractivity contribution is -0.103. The first-order valence-electron chi connectivity index (χ1n) is 2.33. The molecule has 0 bridgehead atoms. The van der Waals surface area contributed by atoms with E-state index in [0.29, 0.717) is 6.29 Å². The number of allylic oxidation sites excluding steroid dienone is 1. The van der Waals surface area contributed by atoms with Crippen LogP contribution < -0.4 is 0 Å². The molecule has 0 aliphatic rings. The summed E-state index contributed by atoms with van der Waals surface area (Å²) in [5.41, 5.74) is 0.285. The number of carbonyl (C=O) groups is 1. The van der Waals surface area contributed by atoms with Gasteiger partial charge in [0.1, 0.15) is 12.7 Å². The molecule has 0 saturated heterocycles. The van der Waals surface area contributed by atoms with Gasteiger partial charge in [-0.25, -0.2) is 9.67 Å². The third-order valence-corrected chi connectivity index (χ3v) is 0.849. The van der Waals surface area contributed by atoms with Gasteiger partial charge in [-0.3, -0.25) is 4.79 Å². The van der Waals surface area contributed by atoms with Gasteiger partial charge in [0.15, 0.2) is 6.29 Å². The van der Waals surface area contributed by atoms with Gasteiger partial charge in [-0.05, 0) is 0 Å². The highest BCUT2D eigenvalue weighted by Gasteiger charge is 1.91. The van der Waals surface area contributed by atoms with E-state index in [1.165, 1.54) is 17.3 Å². The fraction of sp³-hybridized carbons (Fsp3) is 0. The lowest BCUT2D eigenvalue weighted by Gasteiger charge is -1.90. The van der Waals surface area contributed by atoms with E-state index in [9.17, 15) is 4.79 Å². The Labute approximate surface area is 51.8 Å². The average Bonchev–Trinajstić information content (AvgIpc) is 2.37. The van der Waals surface area contributed by atoms with Crippen LogP contribution in [0.25, 0.3) is 5.70 Å². The van der Waals surface area contributed by atoms with Crippen LogP contribution in [0.4, 0.5) is 0 Å². The molecule has 0 saturated carbocycles. The third kappa shape index (κ3) is 1.02. The molecule has 9 heavy (non-hydrogen) atoms. The third-order valence-electron chi connectivity index (χ3n) is 0.849. The Morgan fingerprint density at radius 3 is 3.00 bits per heavy atom. The second-order valence-corrected chi connectivity index (χ2v) is 1.45. The molecule has 0 spiro atoms. The number of nitrogens with zero attached hydrogens (tertiary/aromatic N) is 3. The molecule has 0 fully saturated rings. The first kappa shape index (κ1) is 5.68. The quantitative estimate of drug-likeness (QED) is 0.409. The Morgan fingerprint density at radius 2 is 2.56 bits per heavy atom. The largest absolute Gasteiger partial charge is 0.296 e. The Bertz CT molecular complexity index is 214. The summed E-state index contributed by atoms with van der Waals surface area (Å²) in [4.78, 5) is 13.6. The normalized spacial score (nSPS) is 8.89. The predicted molar refractivity (Wildman–Crippen MR) is 31.4 cm³/mol. The second-order valence-electron chi connectivity index (χ2n) is 1.45. The molecular formula is C5H5N3O. The summed E-state index contributed by atoms with van der Waals surface area (Å²) < 4.78 is 1.30. The zero-order valence-corrected chi connectivity index (χ0v) is 4.69. The van der Waals surface area contributed by atoms with Crippen molar-refractivity contribution < 1.29 is 4.79 Å². The van der Waals surface area contributed by atoms with E-state index >= 15 is 0 Å². The van der Waals surface area contributed by atoms with Crippen LogP contribution in [-0.2, 0) is 4.79 Å². The molecule has 1 heterocycles. The molecule has 0 amide bonds. The van der Waals surface area contributed by atoms with Crippen molar-refractivity contribution in [3.05, 3.63) is 19.2 Å². The molecule has 0 unspecified atom stereocenters. The first-order chi connectivity index (χ1) is 4.34. The van der Waals surface area contributed by atoms with Gasteiger partial charge in [0.2, 0.25) is 0 Å². The van der Waals surface area contributed by atoms with Crippen LogP contribution in [0.5, 0.6) is 0 Å². The minimum Gasteiger partial charge on any atom is -0.296 e. The van der Waals surface area contributed by atoms with Gasteiger partial charge in [-0.1, -0.05) is 6.58 Å². The second kappa shape index (κ2) is 2.21. The monoisotopic (exact) mass is 123 g/mol. The Balaban J connectivity index is 2.89. The van der Waals surface area contributed by atoms with Crippen molar-refractivity contribution >= 4 is 12.0 Å². The zero-order chi connectivity index (χ0) is 6.69. The number of aromatic nitrogens is 3. The molecule has 0 aromatic carbocycles. The van der Waals surface area contributed by atoms with E-state index in [4.69, 9.17) is 0 Å². The summed E-state index contributed by atoms with van der Waals surface area (Å²) in [6.45, 7) is 3.41. The maximum Gasteiger partial charge on any atom is 0.167 e. The Hall–Kier alpha value is -1.45. The molecule has 1 aromatic rings. The molecule has 4 nitrogen and oxygen atoms in total. The van der Waals surface area contributed by atoms with Crippen molar-refractivity contribution in [3.8, 4) is 0 Å². The lowest BCUT2D eigenvalue weighted by Crippen LogP contribution is -1.95. The number of aldehydes is 1. The fourth-order valence-electron chi connectivity index (χ4n) is 0.411. The highest BCUT2D eigenvalue weighted by atomic mass is 16.1. The molecule has 1 rings (SSSR count). The van der Waals surface area contributed by atoms with Crippen molar-refractivity contribution in [3.63, 3.8) is 0 Å². The molecule has 46 valence electrons. The fourth-order valence-corrected chi connectivity index (χ4v) is 0.411. The van der Waals surface area contributed by atoms with Crippen molar-refractivity contribution in [1.82, 2.24) is 14.8 Å². The van der Waals surface area contributed by atoms with Gasteiger partial charge in [-0.15, -0.1) is 0 Å². The first-order valence-corrected chi connectivity index (χ1v) is 2.33. The van der Waals surface area contributed by atoms with Crippen molar-refractivity contribution in [2.75, 3.05) is 0 Å². The van der Waals surface area contributed by atoms with E-state index in [0.717, 1.165) is 0 Å². The minimum atomic E-state index is 0.285. The number of carbonyl (C=O) groups excluding carboxylic acids is 1. The molecule has 4 heteroatoms. The molecule has 0 N–H and O–H groups in total. The van der Waals surface area contributed by atoms with Crippen molar-refractivity contribution in [1.29, 1.82) is 0 Å². The maximum absolute atomic E-state index is 10.0. The molecule has 0 aliphatic carbocycles. The van der Waals surface area contributed by atoms with E-state index < -0.39 is 0 Å². The van der Waals surface area contributed by atoms with Gasteiger partial charge >= 0.3 is 0 Å². The van der Waals surface area contributed by atoms with Crippen molar-refractivity contribution in [2.45, 2.75) is 0 Å². The minimum absolute atomic E-state index is 0.285. The van der Waals surface area contributed by atoms with Gasteiger partial charge < -0.3 is 0 Å². The zero-order valence-electron chi connectivity index (χ0n) is 4.69. The SMILES string of the molecule is C=C(C=O)n1cncn1. The Morgan fingerprint density at radius 1 is 1.78 bits per heavy atom. The summed E-state index contributed by atoms with van der Waals surface area (Å²) in [5, 5.41) is 3.66. The van der Waals surface area contributed by atoms with E-state index in [2.05, 4.69) is 16.7 Å². The Kier molecular flexibility index (Phi) is 1.40. The summed E-state index contributed by atoms with van der Waals surface area (Å²) in [5.74, 6) is 0. The van der Waals surface area contributed by atoms with Crippen LogP contribution >= 0.6 is 0 Å². The number of hydrogen-bond acceptors (Lipinski definition) is 3. The summed E-state index contributed by atoms with van der Waals surface area (Å²) in [6.07, 6.45) is 3.38. The maximum atomic E-state index is 10.0. The van der Waals surface area contributed by atoms with Crippen LogP contribution in [-0.4, -0.2) is 21.1 Å². The standard InChI is InChI=1S/C5H5N3O/c1-5(2-9)8-4-6-3-7-8/h2-4H,1H2. The summed E-state index contributed by atoms with van der Waals surface area (Å²) >= 11 is 0. The molecule has 0 atom stereocenters. The molecule has 1 aromatic heterocycles. The van der Waals surface area contributed by atoms with Crippen LogP contribution in [0.3, 0.4) is 0 Å². The number of hydrogen-bond donors (Lipinski definition) is 0. The van der Waals surface area contributed by atoms with Gasteiger partial charge in [0.05, 0.1) is 5.70 Å². The van der Waals surface area contributed by atoms with Crippen LogP contribution in [0.15, 0.2) is 19.2 Å².